The smallest absolute Gasteiger partial charge is 0.145 e. The minimum atomic E-state index is -1.22. The molecule has 2 saturated carbocycles. The van der Waals surface area contributed by atoms with Crippen LogP contribution in [0.25, 0.3) is 0 Å². The molecule has 3 aliphatic carbocycles. The lowest BCUT2D eigenvalue weighted by Crippen LogP contribution is -2.65. The number of hydrogen-bond acceptors (Lipinski definition) is 9. The van der Waals surface area contributed by atoms with Crippen molar-refractivity contribution in [3.63, 3.8) is 0 Å². The van der Waals surface area contributed by atoms with Crippen LogP contribution in [0.5, 0.6) is 0 Å². The van der Waals surface area contributed by atoms with E-state index in [9.17, 15) is 25.2 Å². The summed E-state index contributed by atoms with van der Waals surface area (Å²) in [7, 11) is 5.65. The molecule has 9 atom stereocenters. The SMILES string of the molecule is C=C(C=CC=C(CO)C1CCC2(C1O)C1C(=C(C)C=O)C(C=CC1CCO)CC2(O)CCNC)C1CC=C(C)CNC(CCNC)(CCOC)Cc2cccc(c2)C1. The van der Waals surface area contributed by atoms with Crippen LogP contribution in [0, 0.1) is 35.0 Å². The first kappa shape index (κ1) is 46.1. The summed E-state index contributed by atoms with van der Waals surface area (Å²) in [6.45, 7) is 11.3. The van der Waals surface area contributed by atoms with Gasteiger partial charge in [-0.2, -0.15) is 0 Å². The lowest BCUT2D eigenvalue weighted by atomic mass is 9.45. The average Bonchev–Trinajstić information content (AvgIpc) is 3.57. The van der Waals surface area contributed by atoms with E-state index in [0.717, 1.165) is 68.2 Å². The van der Waals surface area contributed by atoms with Crippen molar-refractivity contribution in [1.29, 1.82) is 0 Å². The van der Waals surface area contributed by atoms with Crippen molar-refractivity contribution in [3.8, 4) is 0 Å². The van der Waals surface area contributed by atoms with Crippen molar-refractivity contribution in [1.82, 2.24) is 16.0 Å². The molecular formula is C49H73N3O6. The highest BCUT2D eigenvalue weighted by Gasteiger charge is 2.68. The van der Waals surface area contributed by atoms with E-state index in [-0.39, 0.29) is 48.3 Å². The number of ether oxygens (including phenoxy) is 1. The molecule has 320 valence electrons. The molecule has 4 aliphatic rings. The van der Waals surface area contributed by atoms with Crippen LogP contribution in [-0.2, 0) is 22.4 Å². The Morgan fingerprint density at radius 2 is 1.86 bits per heavy atom. The van der Waals surface area contributed by atoms with Crippen molar-refractivity contribution in [3.05, 3.63) is 106 Å². The molecule has 58 heavy (non-hydrogen) atoms. The molecule has 4 bridgehead atoms. The Balaban J connectivity index is 1.42. The second-order valence-electron chi connectivity index (χ2n) is 17.9. The third-order valence-corrected chi connectivity index (χ3v) is 14.3. The zero-order valence-corrected chi connectivity index (χ0v) is 35.9. The van der Waals surface area contributed by atoms with Gasteiger partial charge in [0.25, 0.3) is 0 Å². The number of methoxy groups -OCH3 is 1. The van der Waals surface area contributed by atoms with E-state index in [1.165, 1.54) is 16.7 Å². The van der Waals surface area contributed by atoms with Crippen LogP contribution in [0.4, 0.5) is 0 Å². The molecule has 0 aromatic heterocycles. The number of carbonyl (C=O) groups is 1. The molecular weight excluding hydrogens is 727 g/mol. The van der Waals surface area contributed by atoms with Gasteiger partial charge in [0.05, 0.1) is 18.3 Å². The minimum Gasteiger partial charge on any atom is -0.396 e. The highest BCUT2D eigenvalue weighted by Crippen LogP contribution is 2.67. The van der Waals surface area contributed by atoms with Crippen LogP contribution in [0.1, 0.15) is 76.3 Å². The van der Waals surface area contributed by atoms with Gasteiger partial charge in [-0.05, 0) is 145 Å². The Hall–Kier alpha value is -2.99. The Kier molecular flexibility index (Phi) is 16.7. The third-order valence-electron chi connectivity index (χ3n) is 14.3. The number of rotatable bonds is 17. The van der Waals surface area contributed by atoms with Gasteiger partial charge < -0.3 is 41.1 Å². The van der Waals surface area contributed by atoms with Gasteiger partial charge in [-0.3, -0.25) is 4.79 Å². The molecule has 0 radical (unpaired) electrons. The highest BCUT2D eigenvalue weighted by molar-refractivity contribution is 5.74. The third kappa shape index (κ3) is 9.96. The number of benzene rings is 1. The van der Waals surface area contributed by atoms with Gasteiger partial charge in [-0.15, -0.1) is 0 Å². The molecule has 0 amide bonds. The van der Waals surface area contributed by atoms with Gasteiger partial charge in [0.1, 0.15) is 6.29 Å². The van der Waals surface area contributed by atoms with E-state index in [4.69, 9.17) is 4.74 Å². The molecule has 9 unspecified atom stereocenters. The maximum absolute atomic E-state index is 12.8. The molecule has 1 heterocycles. The number of nitrogens with one attached hydrogen (secondary N) is 3. The fraction of sp³-hybridized carbons (Fsp3) is 0.612. The lowest BCUT2D eigenvalue weighted by molar-refractivity contribution is -0.194. The van der Waals surface area contributed by atoms with Crippen LogP contribution in [0.15, 0.2) is 95.2 Å². The number of aliphatic hydroxyl groups excluding tert-OH is 3. The van der Waals surface area contributed by atoms with Gasteiger partial charge in [0, 0.05) is 49.7 Å². The van der Waals surface area contributed by atoms with Gasteiger partial charge in [-0.1, -0.05) is 84.0 Å². The van der Waals surface area contributed by atoms with Gasteiger partial charge in [0.2, 0.25) is 0 Å². The minimum absolute atomic E-state index is 0.0319. The van der Waals surface area contributed by atoms with Crippen LogP contribution in [-0.4, -0.2) is 105 Å². The summed E-state index contributed by atoms with van der Waals surface area (Å²) in [5.74, 6) is -0.780. The van der Waals surface area contributed by atoms with Crippen LogP contribution < -0.4 is 16.0 Å². The first-order valence-corrected chi connectivity index (χ1v) is 21.7. The number of allylic oxidation sites excluding steroid dienone is 9. The molecule has 1 aromatic rings. The summed E-state index contributed by atoms with van der Waals surface area (Å²) in [5, 5.41) is 57.0. The van der Waals surface area contributed by atoms with Crippen LogP contribution >= 0.6 is 0 Å². The summed E-state index contributed by atoms with van der Waals surface area (Å²) in [4.78, 5) is 12.3. The van der Waals surface area contributed by atoms with Crippen molar-refractivity contribution >= 4 is 6.29 Å². The number of carbonyl (C=O) groups excluding carboxylic acids is 1. The van der Waals surface area contributed by atoms with Crippen molar-refractivity contribution in [2.45, 2.75) is 95.3 Å². The second-order valence-corrected chi connectivity index (χ2v) is 17.9. The summed E-state index contributed by atoms with van der Waals surface area (Å²) in [5.41, 5.74) is 4.96. The van der Waals surface area contributed by atoms with Gasteiger partial charge in [-0.25, -0.2) is 0 Å². The first-order valence-electron chi connectivity index (χ1n) is 21.7. The first-order chi connectivity index (χ1) is 27.9. The molecule has 7 N–H and O–H groups in total. The summed E-state index contributed by atoms with van der Waals surface area (Å²) in [6, 6.07) is 8.97. The van der Waals surface area contributed by atoms with Crippen LogP contribution in [0.2, 0.25) is 0 Å². The van der Waals surface area contributed by atoms with E-state index in [1.807, 2.05) is 39.2 Å². The number of aliphatic hydroxyl groups is 4. The van der Waals surface area contributed by atoms with Crippen molar-refractivity contribution in [2.24, 2.45) is 35.0 Å². The van der Waals surface area contributed by atoms with E-state index in [2.05, 4.69) is 71.9 Å². The molecule has 2 fully saturated rings. The lowest BCUT2D eigenvalue weighted by Gasteiger charge is -2.61. The molecule has 1 aliphatic heterocycles. The monoisotopic (exact) mass is 800 g/mol. The average molecular weight is 800 g/mol. The topological polar surface area (TPSA) is 143 Å². The standard InChI is InChI=1S/C49H73N3O6/c1-34-13-14-40(28-37-10-8-11-38(27-37)29-47(52-31-34,20-23-50-4)22-26-58-6)35(2)9-7-12-42(33-55)43-17-19-49(46(43)56)45-39(18-25-53)15-16-41(44(45)36(3)32-54)30-48(49,57)21-24-51-5/h7-13,15-16,27,32,39-41,43,45-46,50-53,55-57H,2,14,17-26,28-31,33H2,1,3-6H3. The fourth-order valence-corrected chi connectivity index (χ4v) is 11.2. The number of hydrogen-bond donors (Lipinski definition) is 7. The largest absolute Gasteiger partial charge is 0.396 e. The predicted octanol–water partition coefficient (Wildman–Crippen LogP) is 5.56. The summed E-state index contributed by atoms with van der Waals surface area (Å²) >= 11 is 0. The number of aldehydes is 1. The highest BCUT2D eigenvalue weighted by atomic mass is 16.5. The van der Waals surface area contributed by atoms with E-state index < -0.39 is 17.1 Å². The molecule has 1 spiro atoms. The molecule has 9 nitrogen and oxygen atoms in total. The predicted molar refractivity (Wildman–Crippen MR) is 234 cm³/mol. The van der Waals surface area contributed by atoms with E-state index in [0.29, 0.717) is 50.8 Å². The normalized spacial score (nSPS) is 33.8. The van der Waals surface area contributed by atoms with Gasteiger partial charge >= 0.3 is 0 Å². The Morgan fingerprint density at radius 1 is 1.10 bits per heavy atom. The quantitative estimate of drug-likeness (QED) is 0.0467. The maximum Gasteiger partial charge on any atom is 0.145 e. The summed E-state index contributed by atoms with van der Waals surface area (Å²) < 4.78 is 5.57. The van der Waals surface area contributed by atoms with E-state index in [1.54, 1.807) is 7.11 Å². The zero-order valence-electron chi connectivity index (χ0n) is 35.9. The summed E-state index contributed by atoms with van der Waals surface area (Å²) in [6.07, 6.45) is 19.4. The van der Waals surface area contributed by atoms with Gasteiger partial charge in [0.15, 0.2) is 0 Å². The fourth-order valence-electron chi connectivity index (χ4n) is 11.2. The molecule has 5 rings (SSSR count). The Bertz CT molecular complexity index is 1700. The molecule has 9 heteroatoms. The maximum atomic E-state index is 12.8. The zero-order chi connectivity index (χ0) is 41.9. The van der Waals surface area contributed by atoms with Crippen molar-refractivity contribution in [2.75, 3.05) is 60.7 Å². The Morgan fingerprint density at radius 3 is 2.57 bits per heavy atom. The Labute approximate surface area is 348 Å². The molecule has 0 saturated heterocycles. The second kappa shape index (κ2) is 21.0. The van der Waals surface area contributed by atoms with E-state index >= 15 is 0 Å². The number of fused-ring (bicyclic) bond motifs is 5. The van der Waals surface area contributed by atoms with Crippen LogP contribution in [0.3, 0.4) is 0 Å². The molecule has 1 aromatic carbocycles. The van der Waals surface area contributed by atoms with Crippen molar-refractivity contribution < 1.29 is 30.0 Å².